The van der Waals surface area contributed by atoms with Gasteiger partial charge in [0.1, 0.15) is 24.0 Å². The minimum absolute atomic E-state index is 0.00160. The number of hydrogen-bond acceptors (Lipinski definition) is 3. The monoisotopic (exact) mass is 466 g/mol. The molecule has 4 nitrogen and oxygen atoms in total. The van der Waals surface area contributed by atoms with Crippen LogP contribution in [0.15, 0.2) is 96.6 Å². The maximum absolute atomic E-state index is 13.0. The molecule has 0 aromatic heterocycles. The van der Waals surface area contributed by atoms with Gasteiger partial charge in [-0.3, -0.25) is 4.79 Å². The van der Waals surface area contributed by atoms with E-state index in [2.05, 4.69) is 11.4 Å². The van der Waals surface area contributed by atoms with Gasteiger partial charge in [0.05, 0.1) is 6.04 Å². The van der Waals surface area contributed by atoms with Crippen molar-refractivity contribution in [3.05, 3.63) is 118 Å². The molecule has 0 saturated carbocycles. The van der Waals surface area contributed by atoms with Crippen molar-refractivity contribution in [2.75, 3.05) is 0 Å². The number of fused-ring (bicyclic) bond motifs is 1. The summed E-state index contributed by atoms with van der Waals surface area (Å²) in [7, 11) is 0. The summed E-state index contributed by atoms with van der Waals surface area (Å²) in [6.07, 6.45) is 1.59. The molecule has 0 heterocycles. The second-order valence-corrected chi connectivity index (χ2v) is 8.26. The van der Waals surface area contributed by atoms with E-state index in [-0.39, 0.29) is 18.2 Å². The predicted octanol–water partition coefficient (Wildman–Crippen LogP) is 6.86. The maximum Gasteiger partial charge on any atom is 0.262 e. The topological polar surface area (TPSA) is 62.1 Å². The lowest BCUT2D eigenvalue weighted by Crippen LogP contribution is -2.27. The number of nitrogens with zero attached hydrogens (tertiary/aromatic N) is 1. The first-order chi connectivity index (χ1) is 16.6. The summed E-state index contributed by atoms with van der Waals surface area (Å²) in [6.45, 7) is 2.15. The molecule has 0 saturated heterocycles. The van der Waals surface area contributed by atoms with Crippen LogP contribution in [0.25, 0.3) is 16.8 Å². The third-order valence-corrected chi connectivity index (χ3v) is 5.94. The Morgan fingerprint density at radius 3 is 2.47 bits per heavy atom. The molecule has 0 aliphatic rings. The molecular formula is C29H23ClN2O2. The molecule has 4 aromatic rings. The molecule has 1 amide bonds. The van der Waals surface area contributed by atoms with Crippen LogP contribution < -0.4 is 10.1 Å². The molecule has 0 aliphatic carbocycles. The SMILES string of the molecule is C[C@H](NC(=O)/C(C#N)=C\c1c(OCc2ccccc2Cl)ccc2ccccc12)c1ccccc1. The second kappa shape index (κ2) is 10.7. The molecule has 1 N–H and O–H groups in total. The van der Waals surface area contributed by atoms with E-state index >= 15 is 0 Å². The van der Waals surface area contributed by atoms with E-state index in [0.29, 0.717) is 16.3 Å². The number of carbonyl (C=O) groups excluding carboxylic acids is 1. The van der Waals surface area contributed by atoms with Crippen LogP contribution >= 0.6 is 11.6 Å². The molecular weight excluding hydrogens is 444 g/mol. The molecule has 0 bridgehead atoms. The van der Waals surface area contributed by atoms with Gasteiger partial charge in [-0.25, -0.2) is 0 Å². The Bertz CT molecular complexity index is 1390. The van der Waals surface area contributed by atoms with Crippen molar-refractivity contribution in [1.82, 2.24) is 5.32 Å². The van der Waals surface area contributed by atoms with Gasteiger partial charge in [-0.05, 0) is 41.5 Å². The Morgan fingerprint density at radius 2 is 1.71 bits per heavy atom. The van der Waals surface area contributed by atoms with Gasteiger partial charge < -0.3 is 10.1 Å². The van der Waals surface area contributed by atoms with Crippen molar-refractivity contribution in [1.29, 1.82) is 5.26 Å². The average Bonchev–Trinajstić information content (AvgIpc) is 2.87. The Balaban J connectivity index is 1.67. The molecule has 0 radical (unpaired) electrons. The molecule has 0 spiro atoms. The smallest absolute Gasteiger partial charge is 0.262 e. The van der Waals surface area contributed by atoms with Crippen LogP contribution in [0.5, 0.6) is 5.75 Å². The fourth-order valence-electron chi connectivity index (χ4n) is 3.71. The lowest BCUT2D eigenvalue weighted by atomic mass is 10.0. The average molecular weight is 467 g/mol. The number of benzene rings is 4. The Morgan fingerprint density at radius 1 is 1.00 bits per heavy atom. The quantitative estimate of drug-likeness (QED) is 0.239. The largest absolute Gasteiger partial charge is 0.488 e. The number of hydrogen-bond donors (Lipinski definition) is 1. The van der Waals surface area contributed by atoms with E-state index in [9.17, 15) is 10.1 Å². The number of amides is 1. The fraction of sp³-hybridized carbons (Fsp3) is 0.103. The third kappa shape index (κ3) is 5.28. The van der Waals surface area contributed by atoms with Crippen molar-refractivity contribution in [2.24, 2.45) is 0 Å². The number of carbonyl (C=O) groups is 1. The fourth-order valence-corrected chi connectivity index (χ4v) is 3.90. The number of ether oxygens (including phenoxy) is 1. The van der Waals surface area contributed by atoms with Gasteiger partial charge in [0.15, 0.2) is 0 Å². The minimum atomic E-state index is -0.441. The third-order valence-electron chi connectivity index (χ3n) is 5.57. The highest BCUT2D eigenvalue weighted by atomic mass is 35.5. The van der Waals surface area contributed by atoms with E-state index in [4.69, 9.17) is 16.3 Å². The molecule has 34 heavy (non-hydrogen) atoms. The zero-order valence-electron chi connectivity index (χ0n) is 18.7. The van der Waals surface area contributed by atoms with Crippen molar-refractivity contribution < 1.29 is 9.53 Å². The standard InChI is InChI=1S/C29H23ClN2O2/c1-20(21-9-3-2-4-10-21)32-29(33)24(18-31)17-26-25-13-7-5-11-22(25)15-16-28(26)34-19-23-12-6-8-14-27(23)30/h2-17,20H,19H2,1H3,(H,32,33)/b24-17-/t20-/m0/s1. The highest BCUT2D eigenvalue weighted by Crippen LogP contribution is 2.31. The van der Waals surface area contributed by atoms with E-state index in [1.807, 2.05) is 97.9 Å². The van der Waals surface area contributed by atoms with E-state index < -0.39 is 5.91 Å². The van der Waals surface area contributed by atoms with Crippen LogP contribution in [-0.2, 0) is 11.4 Å². The summed E-state index contributed by atoms with van der Waals surface area (Å²) >= 11 is 6.28. The van der Waals surface area contributed by atoms with Gasteiger partial charge in [0, 0.05) is 16.1 Å². The molecule has 168 valence electrons. The molecule has 4 rings (SSSR count). The lowest BCUT2D eigenvalue weighted by Gasteiger charge is -2.15. The summed E-state index contributed by atoms with van der Waals surface area (Å²) in [5.41, 5.74) is 2.48. The van der Waals surface area contributed by atoms with E-state index in [0.717, 1.165) is 21.9 Å². The predicted molar refractivity (Wildman–Crippen MR) is 136 cm³/mol. The van der Waals surface area contributed by atoms with Crippen molar-refractivity contribution in [3.8, 4) is 11.8 Å². The van der Waals surface area contributed by atoms with E-state index in [1.54, 1.807) is 6.08 Å². The number of nitriles is 1. The van der Waals surface area contributed by atoms with Crippen LogP contribution in [0, 0.1) is 11.3 Å². The van der Waals surface area contributed by atoms with Crippen LogP contribution in [0.2, 0.25) is 5.02 Å². The van der Waals surface area contributed by atoms with Crippen LogP contribution in [0.1, 0.15) is 29.7 Å². The van der Waals surface area contributed by atoms with Gasteiger partial charge in [-0.15, -0.1) is 0 Å². The molecule has 1 atom stereocenters. The highest BCUT2D eigenvalue weighted by Gasteiger charge is 2.16. The lowest BCUT2D eigenvalue weighted by molar-refractivity contribution is -0.117. The summed E-state index contributed by atoms with van der Waals surface area (Å²) in [4.78, 5) is 13.0. The first-order valence-corrected chi connectivity index (χ1v) is 11.3. The normalized spacial score (nSPS) is 12.1. The molecule has 5 heteroatoms. The zero-order chi connectivity index (χ0) is 23.9. The van der Waals surface area contributed by atoms with Crippen LogP contribution in [-0.4, -0.2) is 5.91 Å². The van der Waals surface area contributed by atoms with Crippen molar-refractivity contribution >= 4 is 34.4 Å². The Kier molecular flexibility index (Phi) is 7.27. The molecule has 0 aliphatic heterocycles. The van der Waals surface area contributed by atoms with Gasteiger partial charge in [0.25, 0.3) is 5.91 Å². The second-order valence-electron chi connectivity index (χ2n) is 7.85. The molecule has 0 fully saturated rings. The minimum Gasteiger partial charge on any atom is -0.488 e. The maximum atomic E-state index is 13.0. The molecule has 4 aromatic carbocycles. The summed E-state index contributed by atoms with van der Waals surface area (Å²) in [6, 6.07) is 30.5. The number of nitrogens with one attached hydrogen (secondary N) is 1. The van der Waals surface area contributed by atoms with Gasteiger partial charge in [0.2, 0.25) is 0 Å². The Hall–Kier alpha value is -4.07. The molecule has 0 unspecified atom stereocenters. The summed E-state index contributed by atoms with van der Waals surface area (Å²) < 4.78 is 6.12. The zero-order valence-corrected chi connectivity index (χ0v) is 19.4. The number of rotatable bonds is 7. The Labute approximate surface area is 204 Å². The van der Waals surface area contributed by atoms with Gasteiger partial charge in [-0.1, -0.05) is 90.5 Å². The van der Waals surface area contributed by atoms with Gasteiger partial charge >= 0.3 is 0 Å². The summed E-state index contributed by atoms with van der Waals surface area (Å²) in [5.74, 6) is 0.124. The van der Waals surface area contributed by atoms with E-state index in [1.165, 1.54) is 0 Å². The first-order valence-electron chi connectivity index (χ1n) is 10.9. The van der Waals surface area contributed by atoms with Crippen LogP contribution in [0.3, 0.4) is 0 Å². The van der Waals surface area contributed by atoms with Gasteiger partial charge in [-0.2, -0.15) is 5.26 Å². The number of halogens is 1. The summed E-state index contributed by atoms with van der Waals surface area (Å²) in [5, 5.41) is 15.2. The van der Waals surface area contributed by atoms with Crippen molar-refractivity contribution in [2.45, 2.75) is 19.6 Å². The van der Waals surface area contributed by atoms with Crippen molar-refractivity contribution in [3.63, 3.8) is 0 Å². The highest BCUT2D eigenvalue weighted by molar-refractivity contribution is 6.31. The first kappa shape index (κ1) is 23.1. The van der Waals surface area contributed by atoms with Crippen LogP contribution in [0.4, 0.5) is 0 Å².